The highest BCUT2D eigenvalue weighted by atomic mass is 127. The van der Waals surface area contributed by atoms with Crippen LogP contribution in [0.3, 0.4) is 0 Å². The zero-order chi connectivity index (χ0) is 18.9. The second-order valence-electron chi connectivity index (χ2n) is 7.39. The number of guanidine groups is 1. The number of aliphatic imine (C=N–C) groups is 1. The zero-order valence-electron chi connectivity index (χ0n) is 16.9. The Morgan fingerprint density at radius 2 is 2.04 bits per heavy atom. The number of carbonyl (C=O) groups is 1. The molecule has 2 aliphatic heterocycles. The molecule has 2 rings (SSSR count). The fourth-order valence-electron chi connectivity index (χ4n) is 3.04. The molecule has 0 aliphatic carbocycles. The van der Waals surface area contributed by atoms with Crippen LogP contribution in [0, 0.1) is 0 Å². The van der Waals surface area contributed by atoms with Gasteiger partial charge >= 0.3 is 0 Å². The maximum Gasteiger partial charge on any atom is 0.243 e. The van der Waals surface area contributed by atoms with E-state index in [1.807, 2.05) is 6.92 Å². The lowest BCUT2D eigenvalue weighted by Crippen LogP contribution is -2.48. The van der Waals surface area contributed by atoms with E-state index in [9.17, 15) is 4.79 Å². The average Bonchev–Trinajstić information content (AvgIpc) is 3.13. The van der Waals surface area contributed by atoms with Crippen molar-refractivity contribution in [1.29, 1.82) is 0 Å². The van der Waals surface area contributed by atoms with Crippen LogP contribution in [0.2, 0.25) is 0 Å². The van der Waals surface area contributed by atoms with E-state index in [2.05, 4.69) is 21.8 Å². The smallest absolute Gasteiger partial charge is 0.243 e. The van der Waals surface area contributed by atoms with E-state index in [1.165, 1.54) is 0 Å². The van der Waals surface area contributed by atoms with Crippen LogP contribution in [0.25, 0.3) is 0 Å². The Morgan fingerprint density at radius 3 is 2.59 bits per heavy atom. The molecule has 8 heteroatoms. The quantitative estimate of drug-likeness (QED) is 0.254. The first-order valence-electron chi connectivity index (χ1n) is 9.56. The van der Waals surface area contributed by atoms with Crippen molar-refractivity contribution in [1.82, 2.24) is 15.1 Å². The van der Waals surface area contributed by atoms with Crippen molar-refractivity contribution in [2.24, 2.45) is 4.99 Å². The Labute approximate surface area is 180 Å². The highest BCUT2D eigenvalue weighted by Crippen LogP contribution is 2.17. The third-order valence-corrected chi connectivity index (χ3v) is 4.69. The van der Waals surface area contributed by atoms with Crippen molar-refractivity contribution in [3.8, 4) is 0 Å². The van der Waals surface area contributed by atoms with Crippen LogP contribution in [-0.4, -0.2) is 87.4 Å². The molecule has 1 unspecified atom stereocenters. The van der Waals surface area contributed by atoms with Crippen molar-refractivity contribution in [3.63, 3.8) is 0 Å². The number of likely N-dealkylation sites (N-methyl/N-ethyl adjacent to an activating group) is 1. The number of ether oxygens (including phenoxy) is 2. The molecule has 0 aromatic carbocycles. The maximum absolute atomic E-state index is 11.9. The minimum atomic E-state index is -0.00518. The molecular weight excluding hydrogens is 459 g/mol. The molecule has 2 aliphatic rings. The summed E-state index contributed by atoms with van der Waals surface area (Å²) in [6, 6.07) is 0. The SMILES string of the molecule is C=C(C)CNC(=NCC(=O)N(C)C)N1CCC(OCC2CCCO2)CC1.I. The highest BCUT2D eigenvalue weighted by Gasteiger charge is 2.24. The molecule has 0 radical (unpaired) electrons. The van der Waals surface area contributed by atoms with Crippen LogP contribution in [-0.2, 0) is 14.3 Å². The van der Waals surface area contributed by atoms with Gasteiger partial charge in [-0.3, -0.25) is 4.79 Å². The molecule has 2 fully saturated rings. The lowest BCUT2D eigenvalue weighted by molar-refractivity contribution is -0.127. The Kier molecular flexibility index (Phi) is 11.2. The topological polar surface area (TPSA) is 66.4 Å². The predicted molar refractivity (Wildman–Crippen MR) is 119 cm³/mol. The predicted octanol–water partition coefficient (Wildman–Crippen LogP) is 1.87. The molecule has 27 heavy (non-hydrogen) atoms. The van der Waals surface area contributed by atoms with Gasteiger partial charge in [0.05, 0.1) is 18.8 Å². The van der Waals surface area contributed by atoms with Crippen molar-refractivity contribution in [3.05, 3.63) is 12.2 Å². The van der Waals surface area contributed by atoms with Gasteiger partial charge in [0.1, 0.15) is 6.54 Å². The molecule has 1 atom stereocenters. The molecule has 156 valence electrons. The number of carbonyl (C=O) groups excluding carboxylic acids is 1. The second-order valence-corrected chi connectivity index (χ2v) is 7.39. The molecule has 0 bridgehead atoms. The van der Waals surface area contributed by atoms with Crippen LogP contribution < -0.4 is 5.32 Å². The van der Waals surface area contributed by atoms with Crippen LogP contribution in [0.4, 0.5) is 0 Å². The lowest BCUT2D eigenvalue weighted by Gasteiger charge is -2.34. The van der Waals surface area contributed by atoms with Gasteiger partial charge in [0.2, 0.25) is 5.91 Å². The molecular formula is C19H35IN4O3. The van der Waals surface area contributed by atoms with Gasteiger partial charge < -0.3 is 24.6 Å². The highest BCUT2D eigenvalue weighted by molar-refractivity contribution is 14.0. The van der Waals surface area contributed by atoms with Crippen molar-refractivity contribution < 1.29 is 14.3 Å². The molecule has 0 aromatic heterocycles. The monoisotopic (exact) mass is 494 g/mol. The van der Waals surface area contributed by atoms with Crippen LogP contribution in [0.15, 0.2) is 17.1 Å². The standard InChI is InChI=1S/C19H34N4O3.HI/c1-15(2)12-20-19(21-13-18(24)22(3)4)23-9-7-16(8-10-23)26-14-17-6-5-11-25-17;/h16-17H,1,5-14H2,2-4H3,(H,20,21);1H. The number of halogens is 1. The van der Waals surface area contributed by atoms with E-state index >= 15 is 0 Å². The number of nitrogens with one attached hydrogen (secondary N) is 1. The minimum Gasteiger partial charge on any atom is -0.376 e. The van der Waals surface area contributed by atoms with Crippen molar-refractivity contribution >= 4 is 35.8 Å². The van der Waals surface area contributed by atoms with E-state index in [-0.39, 0.29) is 48.6 Å². The number of piperidine rings is 1. The summed E-state index contributed by atoms with van der Waals surface area (Å²) in [5, 5.41) is 3.32. The largest absolute Gasteiger partial charge is 0.376 e. The first-order chi connectivity index (χ1) is 12.5. The average molecular weight is 494 g/mol. The third-order valence-electron chi connectivity index (χ3n) is 4.69. The summed E-state index contributed by atoms with van der Waals surface area (Å²) in [6.45, 7) is 10.0. The Morgan fingerprint density at radius 1 is 1.33 bits per heavy atom. The van der Waals surface area contributed by atoms with E-state index in [4.69, 9.17) is 9.47 Å². The molecule has 2 heterocycles. The summed E-state index contributed by atoms with van der Waals surface area (Å²) >= 11 is 0. The summed E-state index contributed by atoms with van der Waals surface area (Å²) in [4.78, 5) is 20.1. The summed E-state index contributed by atoms with van der Waals surface area (Å²) < 4.78 is 11.7. The molecule has 1 amide bonds. The van der Waals surface area contributed by atoms with Crippen LogP contribution >= 0.6 is 24.0 Å². The third kappa shape index (κ3) is 8.78. The maximum atomic E-state index is 11.9. The fraction of sp³-hybridized carbons (Fsp3) is 0.789. The van der Waals surface area contributed by atoms with Crippen LogP contribution in [0.1, 0.15) is 32.6 Å². The summed E-state index contributed by atoms with van der Waals surface area (Å²) in [7, 11) is 3.49. The van der Waals surface area contributed by atoms with Gasteiger partial charge in [-0.05, 0) is 32.6 Å². The summed E-state index contributed by atoms with van der Waals surface area (Å²) in [5.41, 5.74) is 1.03. The van der Waals surface area contributed by atoms with Gasteiger partial charge in [-0.2, -0.15) is 0 Å². The van der Waals surface area contributed by atoms with Gasteiger partial charge in [-0.25, -0.2) is 4.99 Å². The number of rotatable bonds is 7. The van der Waals surface area contributed by atoms with Gasteiger partial charge in [0.15, 0.2) is 5.96 Å². The lowest BCUT2D eigenvalue weighted by atomic mass is 10.1. The van der Waals surface area contributed by atoms with E-state index in [1.54, 1.807) is 19.0 Å². The van der Waals surface area contributed by atoms with E-state index in [0.29, 0.717) is 13.2 Å². The van der Waals surface area contributed by atoms with E-state index < -0.39 is 0 Å². The van der Waals surface area contributed by atoms with Gasteiger partial charge in [-0.1, -0.05) is 12.2 Å². The number of hydrogen-bond donors (Lipinski definition) is 1. The molecule has 2 saturated heterocycles. The molecule has 0 spiro atoms. The van der Waals surface area contributed by atoms with Gasteiger partial charge in [0, 0.05) is 40.3 Å². The summed E-state index contributed by atoms with van der Waals surface area (Å²) in [5.74, 6) is 0.773. The molecule has 0 aromatic rings. The Hall–Kier alpha value is -0.870. The van der Waals surface area contributed by atoms with Crippen molar-refractivity contribution in [2.45, 2.75) is 44.8 Å². The first-order valence-corrected chi connectivity index (χ1v) is 9.56. The number of likely N-dealkylation sites (tertiary alicyclic amines) is 1. The number of hydrogen-bond acceptors (Lipinski definition) is 4. The molecule has 7 nitrogen and oxygen atoms in total. The minimum absolute atomic E-state index is 0. The first kappa shape index (κ1) is 24.2. The zero-order valence-corrected chi connectivity index (χ0v) is 19.2. The van der Waals surface area contributed by atoms with E-state index in [0.717, 1.165) is 56.9 Å². The normalized spacial score (nSPS) is 20.9. The van der Waals surface area contributed by atoms with Gasteiger partial charge in [0.25, 0.3) is 0 Å². The second kappa shape index (κ2) is 12.6. The number of amides is 1. The summed E-state index contributed by atoms with van der Waals surface area (Å²) in [6.07, 6.45) is 4.73. The molecule has 1 N–H and O–H groups in total. The molecule has 0 saturated carbocycles. The Bertz CT molecular complexity index is 499. The Balaban J connectivity index is 0.00000364. The van der Waals surface area contributed by atoms with Gasteiger partial charge in [-0.15, -0.1) is 24.0 Å². The van der Waals surface area contributed by atoms with Crippen molar-refractivity contribution in [2.75, 3.05) is 53.5 Å². The fourth-order valence-corrected chi connectivity index (χ4v) is 3.04. The number of nitrogens with zero attached hydrogens (tertiary/aromatic N) is 3. The van der Waals surface area contributed by atoms with Crippen LogP contribution in [0.5, 0.6) is 0 Å².